The summed E-state index contributed by atoms with van der Waals surface area (Å²) >= 11 is 0. The summed E-state index contributed by atoms with van der Waals surface area (Å²) in [6.07, 6.45) is 7.79. The Hall–Kier alpha value is -0.570. The first-order chi connectivity index (χ1) is 9.45. The molecule has 2 unspecified atom stereocenters. The van der Waals surface area contributed by atoms with Gasteiger partial charge in [0.2, 0.25) is 0 Å². The molecule has 1 aliphatic rings. The van der Waals surface area contributed by atoms with E-state index in [0.29, 0.717) is 25.4 Å². The van der Waals surface area contributed by atoms with Gasteiger partial charge in [0.25, 0.3) is 0 Å². The van der Waals surface area contributed by atoms with E-state index in [4.69, 9.17) is 0 Å². The standard InChI is InChI=1S/C17H33NO2/c1-5-17(6-2,16(19)20)12-18-15-9-7-8-14(15)11-10-13(3)4/h13-15,18H,5-12H2,1-4H3,(H,19,20). The summed E-state index contributed by atoms with van der Waals surface area (Å²) in [7, 11) is 0. The zero-order valence-corrected chi connectivity index (χ0v) is 13.7. The Bertz CT molecular complexity index is 297. The van der Waals surface area contributed by atoms with Crippen molar-refractivity contribution in [3.05, 3.63) is 0 Å². The molecule has 1 saturated carbocycles. The minimum Gasteiger partial charge on any atom is -0.481 e. The first-order valence-electron chi connectivity index (χ1n) is 8.42. The van der Waals surface area contributed by atoms with Crippen molar-refractivity contribution < 1.29 is 9.90 Å². The van der Waals surface area contributed by atoms with Crippen molar-refractivity contribution in [1.82, 2.24) is 5.32 Å². The lowest BCUT2D eigenvalue weighted by atomic mass is 9.81. The van der Waals surface area contributed by atoms with E-state index in [9.17, 15) is 9.90 Å². The van der Waals surface area contributed by atoms with Crippen LogP contribution in [0.5, 0.6) is 0 Å². The van der Waals surface area contributed by atoms with Gasteiger partial charge in [-0.2, -0.15) is 0 Å². The summed E-state index contributed by atoms with van der Waals surface area (Å²) in [4.78, 5) is 11.5. The molecule has 2 N–H and O–H groups in total. The molecule has 1 aliphatic carbocycles. The summed E-state index contributed by atoms with van der Waals surface area (Å²) in [6.45, 7) is 9.16. The van der Waals surface area contributed by atoms with Crippen LogP contribution >= 0.6 is 0 Å². The van der Waals surface area contributed by atoms with E-state index >= 15 is 0 Å². The second kappa shape index (κ2) is 8.02. The number of rotatable bonds is 9. The Morgan fingerprint density at radius 2 is 1.95 bits per heavy atom. The van der Waals surface area contributed by atoms with Crippen molar-refractivity contribution in [1.29, 1.82) is 0 Å². The molecule has 0 aliphatic heterocycles. The van der Waals surface area contributed by atoms with E-state index in [0.717, 1.165) is 11.8 Å². The SMILES string of the molecule is CCC(CC)(CNC1CCCC1CCC(C)C)C(=O)O. The van der Waals surface area contributed by atoms with Gasteiger partial charge in [-0.05, 0) is 43.9 Å². The molecule has 1 rings (SSSR count). The highest BCUT2D eigenvalue weighted by Gasteiger charge is 2.36. The van der Waals surface area contributed by atoms with Gasteiger partial charge in [-0.15, -0.1) is 0 Å². The van der Waals surface area contributed by atoms with Gasteiger partial charge < -0.3 is 10.4 Å². The second-order valence-electron chi connectivity index (χ2n) is 6.94. The molecule has 0 spiro atoms. The number of hydrogen-bond acceptors (Lipinski definition) is 2. The van der Waals surface area contributed by atoms with Gasteiger partial charge in [-0.1, -0.05) is 40.5 Å². The summed E-state index contributed by atoms with van der Waals surface area (Å²) in [5, 5.41) is 13.1. The van der Waals surface area contributed by atoms with Crippen LogP contribution in [-0.4, -0.2) is 23.7 Å². The van der Waals surface area contributed by atoms with E-state index in [1.807, 2.05) is 13.8 Å². The van der Waals surface area contributed by atoms with Gasteiger partial charge in [-0.25, -0.2) is 0 Å². The van der Waals surface area contributed by atoms with Gasteiger partial charge in [0.1, 0.15) is 0 Å². The zero-order valence-electron chi connectivity index (χ0n) is 13.7. The molecule has 0 radical (unpaired) electrons. The predicted octanol–water partition coefficient (Wildman–Crippen LogP) is 4.07. The average molecular weight is 283 g/mol. The van der Waals surface area contributed by atoms with Gasteiger partial charge in [0.15, 0.2) is 0 Å². The first kappa shape index (κ1) is 17.5. The fourth-order valence-electron chi connectivity index (χ4n) is 3.40. The minimum atomic E-state index is -0.647. The molecule has 3 heteroatoms. The van der Waals surface area contributed by atoms with E-state index < -0.39 is 11.4 Å². The van der Waals surface area contributed by atoms with Crippen molar-refractivity contribution in [3.8, 4) is 0 Å². The molecule has 2 atom stereocenters. The van der Waals surface area contributed by atoms with Gasteiger partial charge in [0, 0.05) is 12.6 Å². The maximum absolute atomic E-state index is 11.5. The number of carboxylic acids is 1. The Kier molecular flexibility index (Phi) is 7.01. The van der Waals surface area contributed by atoms with Crippen LogP contribution in [0.2, 0.25) is 0 Å². The monoisotopic (exact) mass is 283 g/mol. The molecular formula is C17H33NO2. The van der Waals surface area contributed by atoms with Crippen LogP contribution in [0.15, 0.2) is 0 Å². The molecule has 0 aromatic carbocycles. The highest BCUT2D eigenvalue weighted by molar-refractivity contribution is 5.74. The third-order valence-corrected chi connectivity index (χ3v) is 5.28. The van der Waals surface area contributed by atoms with E-state index in [1.54, 1.807) is 0 Å². The first-order valence-corrected chi connectivity index (χ1v) is 8.42. The number of carbonyl (C=O) groups is 1. The number of aliphatic carboxylic acids is 1. The van der Waals surface area contributed by atoms with Crippen LogP contribution < -0.4 is 5.32 Å². The molecule has 1 fully saturated rings. The van der Waals surface area contributed by atoms with E-state index in [2.05, 4.69) is 19.2 Å². The number of carboxylic acid groups (broad SMARTS) is 1. The van der Waals surface area contributed by atoms with Gasteiger partial charge in [0.05, 0.1) is 5.41 Å². The Morgan fingerprint density at radius 1 is 1.30 bits per heavy atom. The quantitative estimate of drug-likeness (QED) is 0.670. The van der Waals surface area contributed by atoms with Gasteiger partial charge >= 0.3 is 5.97 Å². The van der Waals surface area contributed by atoms with Crippen molar-refractivity contribution in [2.75, 3.05) is 6.54 Å². The van der Waals surface area contributed by atoms with Crippen molar-refractivity contribution in [2.45, 2.75) is 78.7 Å². The van der Waals surface area contributed by atoms with Crippen LogP contribution in [-0.2, 0) is 4.79 Å². The molecule has 118 valence electrons. The molecule has 0 amide bonds. The van der Waals surface area contributed by atoms with Crippen molar-refractivity contribution in [2.24, 2.45) is 17.3 Å². The minimum absolute atomic E-state index is 0.533. The maximum atomic E-state index is 11.5. The lowest BCUT2D eigenvalue weighted by molar-refractivity contribution is -0.149. The third-order valence-electron chi connectivity index (χ3n) is 5.28. The smallest absolute Gasteiger partial charge is 0.310 e. The fourth-order valence-corrected chi connectivity index (χ4v) is 3.40. The lowest BCUT2D eigenvalue weighted by Crippen LogP contribution is -2.45. The van der Waals surface area contributed by atoms with Gasteiger partial charge in [-0.3, -0.25) is 4.79 Å². The van der Waals surface area contributed by atoms with Crippen LogP contribution in [0.25, 0.3) is 0 Å². The van der Waals surface area contributed by atoms with Crippen LogP contribution in [0.4, 0.5) is 0 Å². The molecule has 0 aromatic rings. The Balaban J connectivity index is 2.52. The molecule has 20 heavy (non-hydrogen) atoms. The molecular weight excluding hydrogens is 250 g/mol. The Morgan fingerprint density at radius 3 is 2.45 bits per heavy atom. The molecule has 0 aromatic heterocycles. The normalized spacial score (nSPS) is 23.4. The lowest BCUT2D eigenvalue weighted by Gasteiger charge is -2.30. The summed E-state index contributed by atoms with van der Waals surface area (Å²) in [6, 6.07) is 0.533. The Labute approximate surface area is 124 Å². The van der Waals surface area contributed by atoms with Crippen LogP contribution in [0, 0.1) is 17.3 Å². The summed E-state index contributed by atoms with van der Waals surface area (Å²) in [5.74, 6) is 0.866. The molecule has 3 nitrogen and oxygen atoms in total. The van der Waals surface area contributed by atoms with E-state index in [-0.39, 0.29) is 0 Å². The van der Waals surface area contributed by atoms with E-state index in [1.165, 1.54) is 32.1 Å². The topological polar surface area (TPSA) is 49.3 Å². The van der Waals surface area contributed by atoms with Crippen molar-refractivity contribution in [3.63, 3.8) is 0 Å². The summed E-state index contributed by atoms with van der Waals surface area (Å²) < 4.78 is 0. The van der Waals surface area contributed by atoms with Crippen LogP contribution in [0.1, 0.15) is 72.6 Å². The van der Waals surface area contributed by atoms with Crippen molar-refractivity contribution >= 4 is 5.97 Å². The molecule has 0 bridgehead atoms. The number of hydrogen-bond donors (Lipinski definition) is 2. The molecule has 0 saturated heterocycles. The maximum Gasteiger partial charge on any atom is 0.310 e. The largest absolute Gasteiger partial charge is 0.481 e. The zero-order chi connectivity index (χ0) is 15.2. The third kappa shape index (κ3) is 4.47. The number of nitrogens with one attached hydrogen (secondary N) is 1. The summed E-state index contributed by atoms with van der Waals surface area (Å²) in [5.41, 5.74) is -0.578. The highest BCUT2D eigenvalue weighted by atomic mass is 16.4. The highest BCUT2D eigenvalue weighted by Crippen LogP contribution is 2.32. The van der Waals surface area contributed by atoms with Crippen LogP contribution in [0.3, 0.4) is 0 Å². The average Bonchev–Trinajstić information content (AvgIpc) is 2.85. The predicted molar refractivity (Wildman–Crippen MR) is 83.9 cm³/mol. The second-order valence-corrected chi connectivity index (χ2v) is 6.94. The fraction of sp³-hybridized carbons (Fsp3) is 0.941. The molecule has 0 heterocycles.